The number of nitrogen functional groups attached to an aromatic ring is 1. The fraction of sp³-hybridized carbons (Fsp3) is 0.318. The monoisotopic (exact) mass is 459 g/mol. The third-order valence-corrected chi connectivity index (χ3v) is 6.02. The van der Waals surface area contributed by atoms with Gasteiger partial charge in [-0.3, -0.25) is 4.79 Å². The second kappa shape index (κ2) is 10.5. The standard InChI is InChI=1S/C22H26ClN5O2S/c1-14(2)16-8-10-17(11-9-16)30-12-20-26-27-22(28(20)24)31-13-21(29)25-15(3)18-6-4-5-7-19(18)23/h4-11,14-15H,12-13,24H2,1-3H3,(H,25,29). The van der Waals surface area contributed by atoms with Gasteiger partial charge in [0.05, 0.1) is 11.8 Å². The van der Waals surface area contributed by atoms with E-state index >= 15 is 0 Å². The van der Waals surface area contributed by atoms with Crippen LogP contribution < -0.4 is 15.9 Å². The molecule has 164 valence electrons. The van der Waals surface area contributed by atoms with Gasteiger partial charge in [-0.25, -0.2) is 4.68 Å². The number of amides is 1. The number of nitrogens with two attached hydrogens (primary N) is 1. The summed E-state index contributed by atoms with van der Waals surface area (Å²) >= 11 is 7.40. The summed E-state index contributed by atoms with van der Waals surface area (Å²) in [5.41, 5.74) is 2.11. The van der Waals surface area contributed by atoms with Crippen molar-refractivity contribution >= 4 is 29.3 Å². The minimum absolute atomic E-state index is 0.150. The number of hydrogen-bond acceptors (Lipinski definition) is 6. The van der Waals surface area contributed by atoms with Crippen molar-refractivity contribution in [1.29, 1.82) is 0 Å². The van der Waals surface area contributed by atoms with Gasteiger partial charge in [-0.2, -0.15) is 0 Å². The van der Waals surface area contributed by atoms with E-state index < -0.39 is 0 Å². The van der Waals surface area contributed by atoms with Crippen molar-refractivity contribution in [3.05, 3.63) is 70.5 Å². The van der Waals surface area contributed by atoms with Crippen molar-refractivity contribution in [2.75, 3.05) is 11.6 Å². The molecule has 9 heteroatoms. The SMILES string of the molecule is CC(C)c1ccc(OCc2nnc(SCC(=O)NC(C)c3ccccc3Cl)n2N)cc1. The van der Waals surface area contributed by atoms with Gasteiger partial charge >= 0.3 is 0 Å². The maximum Gasteiger partial charge on any atom is 0.230 e. The Labute approximate surface area is 191 Å². The molecular formula is C22H26ClN5O2S. The first-order valence-electron chi connectivity index (χ1n) is 9.94. The van der Waals surface area contributed by atoms with Gasteiger partial charge in [0.25, 0.3) is 0 Å². The van der Waals surface area contributed by atoms with Crippen molar-refractivity contribution in [3.63, 3.8) is 0 Å². The predicted octanol–water partition coefficient (Wildman–Crippen LogP) is 4.32. The number of rotatable bonds is 9. The van der Waals surface area contributed by atoms with Crippen LogP contribution in [0.2, 0.25) is 5.02 Å². The summed E-state index contributed by atoms with van der Waals surface area (Å²) in [7, 11) is 0. The number of nitrogens with zero attached hydrogens (tertiary/aromatic N) is 3. The molecule has 1 aromatic heterocycles. The maximum absolute atomic E-state index is 12.3. The van der Waals surface area contributed by atoms with Gasteiger partial charge < -0.3 is 15.9 Å². The second-order valence-electron chi connectivity index (χ2n) is 7.38. The molecule has 0 aliphatic rings. The average molecular weight is 460 g/mol. The molecule has 31 heavy (non-hydrogen) atoms. The zero-order chi connectivity index (χ0) is 22.4. The molecule has 2 aromatic carbocycles. The van der Waals surface area contributed by atoms with E-state index in [1.165, 1.54) is 22.0 Å². The van der Waals surface area contributed by atoms with E-state index in [1.54, 1.807) is 6.07 Å². The first kappa shape index (κ1) is 23.0. The largest absolute Gasteiger partial charge is 0.486 e. The third kappa shape index (κ3) is 6.15. The molecule has 7 nitrogen and oxygen atoms in total. The molecule has 0 aliphatic heterocycles. The number of carbonyl (C=O) groups is 1. The minimum Gasteiger partial charge on any atom is -0.486 e. The fourth-order valence-electron chi connectivity index (χ4n) is 2.92. The highest BCUT2D eigenvalue weighted by atomic mass is 35.5. The van der Waals surface area contributed by atoms with Crippen molar-refractivity contribution in [3.8, 4) is 5.75 Å². The van der Waals surface area contributed by atoms with Gasteiger partial charge in [-0.1, -0.05) is 67.5 Å². The molecule has 0 aliphatic carbocycles. The first-order valence-corrected chi connectivity index (χ1v) is 11.3. The van der Waals surface area contributed by atoms with Crippen LogP contribution in [0.5, 0.6) is 5.75 Å². The van der Waals surface area contributed by atoms with Gasteiger partial charge in [0.1, 0.15) is 12.4 Å². The Morgan fingerprint density at radius 2 is 1.87 bits per heavy atom. The molecule has 0 spiro atoms. The molecule has 1 unspecified atom stereocenters. The van der Waals surface area contributed by atoms with E-state index in [-0.39, 0.29) is 24.3 Å². The number of benzene rings is 2. The van der Waals surface area contributed by atoms with E-state index in [9.17, 15) is 4.79 Å². The molecule has 1 amide bonds. The van der Waals surface area contributed by atoms with E-state index in [4.69, 9.17) is 22.2 Å². The van der Waals surface area contributed by atoms with E-state index in [0.29, 0.717) is 21.9 Å². The quantitative estimate of drug-likeness (QED) is 0.365. The Kier molecular flexibility index (Phi) is 7.81. The van der Waals surface area contributed by atoms with Crippen LogP contribution in [-0.4, -0.2) is 26.5 Å². The lowest BCUT2D eigenvalue weighted by Gasteiger charge is -2.15. The second-order valence-corrected chi connectivity index (χ2v) is 8.73. The molecule has 1 heterocycles. The Hall–Kier alpha value is -2.71. The van der Waals surface area contributed by atoms with Gasteiger partial charge in [0.2, 0.25) is 11.1 Å². The van der Waals surface area contributed by atoms with Crippen LogP contribution in [0.25, 0.3) is 0 Å². The molecule has 0 radical (unpaired) electrons. The first-order chi connectivity index (χ1) is 14.8. The van der Waals surface area contributed by atoms with Crippen LogP contribution in [0, 0.1) is 0 Å². The van der Waals surface area contributed by atoms with Crippen molar-refractivity contribution < 1.29 is 9.53 Å². The van der Waals surface area contributed by atoms with E-state index in [0.717, 1.165) is 11.3 Å². The summed E-state index contributed by atoms with van der Waals surface area (Å²) in [6.07, 6.45) is 0. The molecule has 3 aromatic rings. The molecule has 0 fully saturated rings. The highest BCUT2D eigenvalue weighted by Crippen LogP contribution is 2.23. The number of ether oxygens (including phenoxy) is 1. The van der Waals surface area contributed by atoms with Gasteiger partial charge in [0, 0.05) is 5.02 Å². The summed E-state index contributed by atoms with van der Waals surface area (Å²) in [5.74, 6) is 7.74. The van der Waals surface area contributed by atoms with E-state index in [2.05, 4.69) is 29.4 Å². The smallest absolute Gasteiger partial charge is 0.230 e. The lowest BCUT2D eigenvalue weighted by atomic mass is 10.0. The van der Waals surface area contributed by atoms with Crippen LogP contribution in [0.3, 0.4) is 0 Å². The van der Waals surface area contributed by atoms with Crippen molar-refractivity contribution in [2.45, 2.75) is 44.5 Å². The van der Waals surface area contributed by atoms with Crippen LogP contribution >= 0.6 is 23.4 Å². The highest BCUT2D eigenvalue weighted by molar-refractivity contribution is 7.99. The molecule has 0 bridgehead atoms. The summed E-state index contributed by atoms with van der Waals surface area (Å²) in [6, 6.07) is 15.1. The van der Waals surface area contributed by atoms with Crippen molar-refractivity contribution in [2.24, 2.45) is 0 Å². The molecule has 3 N–H and O–H groups in total. The molecule has 0 saturated heterocycles. The molecule has 0 saturated carbocycles. The Morgan fingerprint density at radius 3 is 2.55 bits per heavy atom. The zero-order valence-corrected chi connectivity index (χ0v) is 19.3. The number of halogens is 1. The predicted molar refractivity (Wildman–Crippen MR) is 124 cm³/mol. The maximum atomic E-state index is 12.3. The Bertz CT molecular complexity index is 1020. The topological polar surface area (TPSA) is 95.1 Å². The Balaban J connectivity index is 1.50. The lowest BCUT2D eigenvalue weighted by molar-refractivity contribution is -0.119. The summed E-state index contributed by atoms with van der Waals surface area (Å²) in [5, 5.41) is 12.1. The molecular weight excluding hydrogens is 434 g/mol. The number of hydrogen-bond donors (Lipinski definition) is 2. The summed E-state index contributed by atoms with van der Waals surface area (Å²) in [4.78, 5) is 12.3. The normalized spacial score (nSPS) is 12.0. The number of thioether (sulfide) groups is 1. The average Bonchev–Trinajstić information content (AvgIpc) is 3.10. The highest BCUT2D eigenvalue weighted by Gasteiger charge is 2.16. The number of aromatic nitrogens is 3. The fourth-order valence-corrected chi connectivity index (χ4v) is 3.90. The minimum atomic E-state index is -0.205. The Morgan fingerprint density at radius 1 is 1.16 bits per heavy atom. The van der Waals surface area contributed by atoms with Crippen molar-refractivity contribution in [1.82, 2.24) is 20.2 Å². The van der Waals surface area contributed by atoms with Gasteiger partial charge in [0.15, 0.2) is 5.82 Å². The summed E-state index contributed by atoms with van der Waals surface area (Å²) < 4.78 is 7.10. The zero-order valence-electron chi connectivity index (χ0n) is 17.7. The molecule has 1 atom stereocenters. The van der Waals surface area contributed by atoms with Gasteiger partial charge in [-0.05, 0) is 42.2 Å². The summed E-state index contributed by atoms with van der Waals surface area (Å²) in [6.45, 7) is 6.35. The van der Waals surface area contributed by atoms with E-state index in [1.807, 2.05) is 49.4 Å². The van der Waals surface area contributed by atoms with Crippen LogP contribution in [-0.2, 0) is 11.4 Å². The number of nitrogens with one attached hydrogen (secondary N) is 1. The molecule has 3 rings (SSSR count). The van der Waals surface area contributed by atoms with Gasteiger partial charge in [-0.15, -0.1) is 10.2 Å². The number of carbonyl (C=O) groups excluding carboxylic acids is 1. The van der Waals surface area contributed by atoms with Crippen LogP contribution in [0.1, 0.15) is 49.7 Å². The van der Waals surface area contributed by atoms with Crippen LogP contribution in [0.15, 0.2) is 53.7 Å². The lowest BCUT2D eigenvalue weighted by Crippen LogP contribution is -2.28. The van der Waals surface area contributed by atoms with Crippen LogP contribution in [0.4, 0.5) is 0 Å². The third-order valence-electron chi connectivity index (χ3n) is 4.73.